The molecule has 1 unspecified atom stereocenters. The molecular formula is C16H17ClO2. The van der Waals surface area contributed by atoms with E-state index in [1.807, 2.05) is 31.2 Å². The molecule has 100 valence electrons. The van der Waals surface area contributed by atoms with Crippen LogP contribution in [0.5, 0.6) is 5.75 Å². The van der Waals surface area contributed by atoms with Crippen LogP contribution in [0.15, 0.2) is 48.5 Å². The van der Waals surface area contributed by atoms with Crippen molar-refractivity contribution in [1.82, 2.24) is 0 Å². The van der Waals surface area contributed by atoms with Gasteiger partial charge in [-0.1, -0.05) is 41.4 Å². The zero-order valence-electron chi connectivity index (χ0n) is 10.8. The number of rotatable bonds is 5. The summed E-state index contributed by atoms with van der Waals surface area (Å²) in [6.45, 7) is 2.32. The molecule has 0 saturated heterocycles. The van der Waals surface area contributed by atoms with Gasteiger partial charge in [-0.2, -0.15) is 0 Å². The lowest BCUT2D eigenvalue weighted by Gasteiger charge is -2.12. The summed E-state index contributed by atoms with van der Waals surface area (Å²) in [7, 11) is 0. The second-order valence-corrected chi connectivity index (χ2v) is 5.04. The second kappa shape index (κ2) is 6.60. The Labute approximate surface area is 118 Å². The van der Waals surface area contributed by atoms with Gasteiger partial charge in [0.1, 0.15) is 12.4 Å². The van der Waals surface area contributed by atoms with Gasteiger partial charge in [-0.3, -0.25) is 0 Å². The van der Waals surface area contributed by atoms with Crippen molar-refractivity contribution in [3.05, 3.63) is 64.7 Å². The largest absolute Gasteiger partial charge is 0.491 e. The minimum Gasteiger partial charge on any atom is -0.491 e. The Hall–Kier alpha value is -1.51. The highest BCUT2D eigenvalue weighted by molar-refractivity contribution is 6.30. The van der Waals surface area contributed by atoms with Gasteiger partial charge >= 0.3 is 0 Å². The van der Waals surface area contributed by atoms with Gasteiger partial charge < -0.3 is 9.84 Å². The molecule has 1 N–H and O–H groups in total. The van der Waals surface area contributed by atoms with E-state index < -0.39 is 6.10 Å². The lowest BCUT2D eigenvalue weighted by Crippen LogP contribution is -2.20. The van der Waals surface area contributed by atoms with Crippen LogP contribution in [-0.2, 0) is 6.42 Å². The normalized spacial score (nSPS) is 12.2. The fourth-order valence-electron chi connectivity index (χ4n) is 1.78. The quantitative estimate of drug-likeness (QED) is 0.904. The van der Waals surface area contributed by atoms with Gasteiger partial charge in [-0.25, -0.2) is 0 Å². The second-order valence-electron chi connectivity index (χ2n) is 4.61. The van der Waals surface area contributed by atoms with E-state index in [4.69, 9.17) is 16.3 Å². The standard InChI is InChI=1S/C16H17ClO2/c1-12-2-4-13(5-3-12)10-15(18)11-19-16-8-6-14(17)7-9-16/h2-9,15,18H,10-11H2,1H3. The molecule has 0 heterocycles. The molecule has 2 aromatic rings. The molecule has 1 atom stereocenters. The van der Waals surface area contributed by atoms with Crippen LogP contribution in [0, 0.1) is 6.92 Å². The van der Waals surface area contributed by atoms with Crippen LogP contribution in [0.3, 0.4) is 0 Å². The van der Waals surface area contributed by atoms with Gasteiger partial charge in [0.2, 0.25) is 0 Å². The fourth-order valence-corrected chi connectivity index (χ4v) is 1.90. The highest BCUT2D eigenvalue weighted by atomic mass is 35.5. The van der Waals surface area contributed by atoms with Crippen LogP contribution < -0.4 is 4.74 Å². The summed E-state index contributed by atoms with van der Waals surface area (Å²) >= 11 is 5.79. The van der Waals surface area contributed by atoms with Gasteiger partial charge in [0.05, 0.1) is 6.10 Å². The smallest absolute Gasteiger partial charge is 0.119 e. The van der Waals surface area contributed by atoms with Crippen molar-refractivity contribution in [2.45, 2.75) is 19.4 Å². The molecule has 19 heavy (non-hydrogen) atoms. The molecule has 2 aromatic carbocycles. The van der Waals surface area contributed by atoms with Crippen molar-refractivity contribution in [3.63, 3.8) is 0 Å². The third kappa shape index (κ3) is 4.58. The van der Waals surface area contributed by atoms with Crippen molar-refractivity contribution in [1.29, 1.82) is 0 Å². The molecular weight excluding hydrogens is 260 g/mol. The molecule has 2 nitrogen and oxygen atoms in total. The molecule has 0 aromatic heterocycles. The number of hydrogen-bond acceptors (Lipinski definition) is 2. The number of aliphatic hydroxyl groups excluding tert-OH is 1. The molecule has 0 aliphatic carbocycles. The third-order valence-corrected chi connectivity index (χ3v) is 3.10. The van der Waals surface area contributed by atoms with Crippen molar-refractivity contribution in [2.75, 3.05) is 6.61 Å². The number of ether oxygens (including phenoxy) is 1. The van der Waals surface area contributed by atoms with Gasteiger partial charge in [0, 0.05) is 11.4 Å². The van der Waals surface area contributed by atoms with Crippen molar-refractivity contribution < 1.29 is 9.84 Å². The molecule has 0 bridgehead atoms. The molecule has 0 aliphatic rings. The van der Waals surface area contributed by atoms with Crippen LogP contribution in [0.25, 0.3) is 0 Å². The zero-order chi connectivity index (χ0) is 13.7. The molecule has 0 spiro atoms. The molecule has 0 saturated carbocycles. The first-order valence-corrected chi connectivity index (χ1v) is 6.63. The van der Waals surface area contributed by atoms with Crippen LogP contribution in [0.1, 0.15) is 11.1 Å². The number of aryl methyl sites for hydroxylation is 1. The number of hydrogen-bond donors (Lipinski definition) is 1. The number of halogens is 1. The molecule has 0 aliphatic heterocycles. The predicted octanol–water partition coefficient (Wildman–Crippen LogP) is 3.63. The summed E-state index contributed by atoms with van der Waals surface area (Å²) in [5, 5.41) is 10.6. The highest BCUT2D eigenvalue weighted by Crippen LogP contribution is 2.16. The van der Waals surface area contributed by atoms with Crippen LogP contribution in [0.2, 0.25) is 5.02 Å². The van der Waals surface area contributed by atoms with E-state index in [9.17, 15) is 5.11 Å². The van der Waals surface area contributed by atoms with Crippen LogP contribution in [0.4, 0.5) is 0 Å². The molecule has 0 amide bonds. The van der Waals surface area contributed by atoms with E-state index >= 15 is 0 Å². The molecule has 0 radical (unpaired) electrons. The Kier molecular flexibility index (Phi) is 4.83. The number of aliphatic hydroxyl groups is 1. The van der Waals surface area contributed by atoms with E-state index in [2.05, 4.69) is 0 Å². The van der Waals surface area contributed by atoms with Gasteiger partial charge in [0.25, 0.3) is 0 Å². The Morgan fingerprint density at radius 2 is 1.68 bits per heavy atom. The van der Waals surface area contributed by atoms with E-state index in [1.54, 1.807) is 24.3 Å². The van der Waals surface area contributed by atoms with Crippen molar-refractivity contribution in [2.24, 2.45) is 0 Å². The minimum absolute atomic E-state index is 0.273. The minimum atomic E-state index is -0.515. The lowest BCUT2D eigenvalue weighted by atomic mass is 10.1. The Morgan fingerprint density at radius 3 is 2.32 bits per heavy atom. The highest BCUT2D eigenvalue weighted by Gasteiger charge is 2.06. The van der Waals surface area contributed by atoms with Gasteiger partial charge in [0.15, 0.2) is 0 Å². The maximum Gasteiger partial charge on any atom is 0.119 e. The monoisotopic (exact) mass is 276 g/mol. The van der Waals surface area contributed by atoms with Crippen molar-refractivity contribution >= 4 is 11.6 Å². The molecule has 2 rings (SSSR count). The average molecular weight is 277 g/mol. The fraction of sp³-hybridized carbons (Fsp3) is 0.250. The maximum atomic E-state index is 9.94. The third-order valence-electron chi connectivity index (χ3n) is 2.85. The maximum absolute atomic E-state index is 9.94. The number of benzene rings is 2. The summed E-state index contributed by atoms with van der Waals surface area (Å²) in [6, 6.07) is 15.3. The topological polar surface area (TPSA) is 29.5 Å². The summed E-state index contributed by atoms with van der Waals surface area (Å²) in [4.78, 5) is 0. The van der Waals surface area contributed by atoms with E-state index in [0.717, 1.165) is 5.56 Å². The Bertz CT molecular complexity index is 505. The predicted molar refractivity (Wildman–Crippen MR) is 77.8 cm³/mol. The Balaban J connectivity index is 1.82. The average Bonchev–Trinajstić information content (AvgIpc) is 2.41. The summed E-state index contributed by atoms with van der Waals surface area (Å²) in [5.74, 6) is 0.715. The summed E-state index contributed by atoms with van der Waals surface area (Å²) in [6.07, 6.45) is 0.0758. The first-order chi connectivity index (χ1) is 9.13. The molecule has 0 fully saturated rings. The van der Waals surface area contributed by atoms with Crippen LogP contribution in [-0.4, -0.2) is 17.8 Å². The van der Waals surface area contributed by atoms with E-state index in [1.165, 1.54) is 5.56 Å². The van der Waals surface area contributed by atoms with E-state index in [-0.39, 0.29) is 6.61 Å². The van der Waals surface area contributed by atoms with Gasteiger partial charge in [-0.05, 0) is 36.8 Å². The zero-order valence-corrected chi connectivity index (χ0v) is 11.6. The summed E-state index contributed by atoms with van der Waals surface area (Å²) < 4.78 is 5.51. The first kappa shape index (κ1) is 13.9. The van der Waals surface area contributed by atoms with Crippen molar-refractivity contribution in [3.8, 4) is 5.75 Å². The Morgan fingerprint density at radius 1 is 1.05 bits per heavy atom. The lowest BCUT2D eigenvalue weighted by molar-refractivity contribution is 0.108. The SMILES string of the molecule is Cc1ccc(CC(O)COc2ccc(Cl)cc2)cc1. The summed E-state index contributed by atoms with van der Waals surface area (Å²) in [5.41, 5.74) is 2.33. The van der Waals surface area contributed by atoms with E-state index in [0.29, 0.717) is 17.2 Å². The molecule has 3 heteroatoms. The first-order valence-electron chi connectivity index (χ1n) is 6.25. The van der Waals surface area contributed by atoms with Gasteiger partial charge in [-0.15, -0.1) is 0 Å². The van der Waals surface area contributed by atoms with Crippen LogP contribution >= 0.6 is 11.6 Å².